The summed E-state index contributed by atoms with van der Waals surface area (Å²) in [6.45, 7) is 7.15. The van der Waals surface area contributed by atoms with E-state index in [0.29, 0.717) is 6.54 Å². The van der Waals surface area contributed by atoms with Gasteiger partial charge in [-0.1, -0.05) is 32.4 Å². The van der Waals surface area contributed by atoms with Crippen LogP contribution in [0.2, 0.25) is 5.02 Å². The molecule has 0 bridgehead atoms. The molecular weight excluding hydrogens is 272 g/mol. The SMILES string of the molecule is CC(C)(C)c1nc2ccc(Cl)cc2n1Cc1ccco1. The van der Waals surface area contributed by atoms with Crippen LogP contribution in [0, 0.1) is 0 Å². The van der Waals surface area contributed by atoms with Crippen molar-refractivity contribution in [3.63, 3.8) is 0 Å². The number of fused-ring (bicyclic) bond motifs is 1. The number of hydrogen-bond donors (Lipinski definition) is 0. The monoisotopic (exact) mass is 288 g/mol. The molecule has 0 aliphatic rings. The van der Waals surface area contributed by atoms with Crippen molar-refractivity contribution < 1.29 is 4.42 Å². The third-order valence-corrected chi connectivity index (χ3v) is 3.51. The number of imidazole rings is 1. The van der Waals surface area contributed by atoms with Crippen LogP contribution in [0.3, 0.4) is 0 Å². The zero-order valence-electron chi connectivity index (χ0n) is 11.9. The Morgan fingerprint density at radius 1 is 1.25 bits per heavy atom. The van der Waals surface area contributed by atoms with E-state index in [2.05, 4.69) is 25.3 Å². The van der Waals surface area contributed by atoms with Gasteiger partial charge >= 0.3 is 0 Å². The molecule has 3 rings (SSSR count). The van der Waals surface area contributed by atoms with Gasteiger partial charge in [-0.2, -0.15) is 0 Å². The Balaban J connectivity index is 2.21. The van der Waals surface area contributed by atoms with Crippen molar-refractivity contribution >= 4 is 22.6 Å². The van der Waals surface area contributed by atoms with Gasteiger partial charge in [-0.15, -0.1) is 0 Å². The summed E-state index contributed by atoms with van der Waals surface area (Å²) < 4.78 is 7.65. The maximum Gasteiger partial charge on any atom is 0.123 e. The van der Waals surface area contributed by atoms with Gasteiger partial charge in [0.2, 0.25) is 0 Å². The van der Waals surface area contributed by atoms with Gasteiger partial charge in [-0.25, -0.2) is 4.98 Å². The highest BCUT2D eigenvalue weighted by molar-refractivity contribution is 6.31. The number of rotatable bonds is 2. The molecule has 0 saturated carbocycles. The van der Waals surface area contributed by atoms with Gasteiger partial charge in [0.15, 0.2) is 0 Å². The minimum atomic E-state index is -0.0436. The molecule has 2 aromatic heterocycles. The molecule has 0 spiro atoms. The number of hydrogen-bond acceptors (Lipinski definition) is 2. The van der Waals surface area contributed by atoms with E-state index in [0.717, 1.165) is 27.6 Å². The quantitative estimate of drug-likeness (QED) is 0.688. The maximum atomic E-state index is 6.13. The normalized spacial score (nSPS) is 12.2. The molecular formula is C16H17ClN2O. The van der Waals surface area contributed by atoms with Crippen molar-refractivity contribution in [3.05, 3.63) is 53.2 Å². The topological polar surface area (TPSA) is 31.0 Å². The summed E-state index contributed by atoms with van der Waals surface area (Å²) in [5.41, 5.74) is 1.96. The van der Waals surface area contributed by atoms with Gasteiger partial charge in [0.1, 0.15) is 11.6 Å². The number of nitrogens with zero attached hydrogens (tertiary/aromatic N) is 2. The van der Waals surface area contributed by atoms with E-state index in [1.807, 2.05) is 30.3 Å². The number of furan rings is 1. The average molecular weight is 289 g/mol. The molecule has 0 saturated heterocycles. The summed E-state index contributed by atoms with van der Waals surface area (Å²) in [6, 6.07) is 9.68. The van der Waals surface area contributed by atoms with Crippen LogP contribution in [0.1, 0.15) is 32.4 Å². The number of benzene rings is 1. The largest absolute Gasteiger partial charge is 0.467 e. The molecule has 0 aliphatic heterocycles. The molecule has 3 nitrogen and oxygen atoms in total. The predicted molar refractivity (Wildman–Crippen MR) is 81.3 cm³/mol. The summed E-state index contributed by atoms with van der Waals surface area (Å²) in [5.74, 6) is 1.95. The van der Waals surface area contributed by atoms with Crippen molar-refractivity contribution in [1.29, 1.82) is 0 Å². The molecule has 2 heterocycles. The lowest BCUT2D eigenvalue weighted by atomic mass is 9.95. The standard InChI is InChI=1S/C16H17ClN2O/c1-16(2,3)15-18-13-7-6-11(17)9-14(13)19(15)10-12-5-4-8-20-12/h4-9H,10H2,1-3H3. The fourth-order valence-electron chi connectivity index (χ4n) is 2.39. The molecule has 0 amide bonds. The van der Waals surface area contributed by atoms with Gasteiger partial charge in [0, 0.05) is 10.4 Å². The highest BCUT2D eigenvalue weighted by Crippen LogP contribution is 2.28. The smallest absolute Gasteiger partial charge is 0.123 e. The first-order valence-corrected chi connectivity index (χ1v) is 7.01. The summed E-state index contributed by atoms with van der Waals surface area (Å²) in [5, 5.41) is 0.721. The summed E-state index contributed by atoms with van der Waals surface area (Å²) >= 11 is 6.13. The van der Waals surface area contributed by atoms with Crippen LogP contribution >= 0.6 is 11.6 Å². The zero-order chi connectivity index (χ0) is 14.3. The zero-order valence-corrected chi connectivity index (χ0v) is 12.6. The lowest BCUT2D eigenvalue weighted by molar-refractivity contribution is 0.467. The van der Waals surface area contributed by atoms with Gasteiger partial charge in [-0.05, 0) is 30.3 Å². The fourth-order valence-corrected chi connectivity index (χ4v) is 2.55. The van der Waals surface area contributed by atoms with Crippen LogP contribution in [0.25, 0.3) is 11.0 Å². The maximum absolute atomic E-state index is 6.13. The second kappa shape index (κ2) is 4.67. The highest BCUT2D eigenvalue weighted by atomic mass is 35.5. The molecule has 1 aromatic carbocycles. The molecule has 0 N–H and O–H groups in total. The first-order chi connectivity index (χ1) is 9.45. The van der Waals surface area contributed by atoms with Crippen molar-refractivity contribution in [3.8, 4) is 0 Å². The van der Waals surface area contributed by atoms with Gasteiger partial charge in [-0.3, -0.25) is 0 Å². The molecule has 20 heavy (non-hydrogen) atoms. The second-order valence-electron chi connectivity index (χ2n) is 5.98. The number of aromatic nitrogens is 2. The molecule has 4 heteroatoms. The first-order valence-electron chi connectivity index (χ1n) is 6.64. The van der Waals surface area contributed by atoms with Crippen LogP contribution in [0.5, 0.6) is 0 Å². The van der Waals surface area contributed by atoms with Gasteiger partial charge in [0.25, 0.3) is 0 Å². The third-order valence-electron chi connectivity index (χ3n) is 3.28. The first kappa shape index (κ1) is 13.3. The van der Waals surface area contributed by atoms with Crippen molar-refractivity contribution in [2.75, 3.05) is 0 Å². The van der Waals surface area contributed by atoms with Crippen molar-refractivity contribution in [2.24, 2.45) is 0 Å². The lowest BCUT2D eigenvalue weighted by Gasteiger charge is -2.19. The van der Waals surface area contributed by atoms with E-state index in [1.165, 1.54) is 0 Å². The Morgan fingerprint density at radius 3 is 2.70 bits per heavy atom. The van der Waals surface area contributed by atoms with Crippen LogP contribution < -0.4 is 0 Å². The Morgan fingerprint density at radius 2 is 2.05 bits per heavy atom. The molecule has 0 aliphatic carbocycles. The van der Waals surface area contributed by atoms with E-state index in [4.69, 9.17) is 21.0 Å². The summed E-state index contributed by atoms with van der Waals surface area (Å²) in [6.07, 6.45) is 1.69. The Bertz CT molecular complexity index is 736. The molecule has 3 aromatic rings. The Kier molecular flexibility index (Phi) is 3.09. The van der Waals surface area contributed by atoms with Crippen LogP contribution in [-0.4, -0.2) is 9.55 Å². The Labute approximate surface area is 123 Å². The van der Waals surface area contributed by atoms with Crippen molar-refractivity contribution in [2.45, 2.75) is 32.7 Å². The molecule has 104 valence electrons. The van der Waals surface area contributed by atoms with E-state index in [9.17, 15) is 0 Å². The van der Waals surface area contributed by atoms with E-state index in [-0.39, 0.29) is 5.41 Å². The third kappa shape index (κ3) is 2.34. The van der Waals surface area contributed by atoms with Crippen molar-refractivity contribution in [1.82, 2.24) is 9.55 Å². The lowest BCUT2D eigenvalue weighted by Crippen LogP contribution is -2.19. The second-order valence-corrected chi connectivity index (χ2v) is 6.42. The fraction of sp³-hybridized carbons (Fsp3) is 0.312. The predicted octanol–water partition coefficient (Wildman–Crippen LogP) is 4.63. The summed E-state index contributed by atoms with van der Waals surface area (Å²) in [7, 11) is 0. The average Bonchev–Trinajstić information content (AvgIpc) is 2.97. The molecule has 0 unspecified atom stereocenters. The molecule has 0 radical (unpaired) electrons. The minimum absolute atomic E-state index is 0.0436. The molecule has 0 fully saturated rings. The van der Waals surface area contributed by atoms with Crippen LogP contribution in [-0.2, 0) is 12.0 Å². The van der Waals surface area contributed by atoms with E-state index >= 15 is 0 Å². The molecule has 0 atom stereocenters. The van der Waals surface area contributed by atoms with Gasteiger partial charge in [0.05, 0.1) is 23.8 Å². The van der Waals surface area contributed by atoms with E-state index < -0.39 is 0 Å². The summed E-state index contributed by atoms with van der Waals surface area (Å²) in [4.78, 5) is 4.77. The highest BCUT2D eigenvalue weighted by Gasteiger charge is 2.23. The van der Waals surface area contributed by atoms with Crippen LogP contribution in [0.15, 0.2) is 41.0 Å². The van der Waals surface area contributed by atoms with E-state index in [1.54, 1.807) is 6.26 Å². The van der Waals surface area contributed by atoms with Crippen LogP contribution in [0.4, 0.5) is 0 Å². The minimum Gasteiger partial charge on any atom is -0.467 e. The number of halogens is 1. The van der Waals surface area contributed by atoms with Gasteiger partial charge < -0.3 is 8.98 Å². The Hall–Kier alpha value is -1.74.